The molecule has 2 heteroatoms. The lowest BCUT2D eigenvalue weighted by Crippen LogP contribution is -2.35. The van der Waals surface area contributed by atoms with Crippen molar-refractivity contribution in [3.8, 4) is 0 Å². The third kappa shape index (κ3) is 2.17. The summed E-state index contributed by atoms with van der Waals surface area (Å²) in [6, 6.07) is 0. The maximum atomic E-state index is 9.93. The van der Waals surface area contributed by atoms with Gasteiger partial charge in [0.05, 0.1) is 5.60 Å². The third-order valence-electron chi connectivity index (χ3n) is 2.89. The zero-order valence-corrected chi connectivity index (χ0v) is 7.34. The van der Waals surface area contributed by atoms with Crippen LogP contribution in [0, 0.1) is 5.92 Å². The quantitative estimate of drug-likeness (QED) is 0.648. The first-order valence-electron chi connectivity index (χ1n) is 4.59. The Morgan fingerprint density at radius 1 is 1.45 bits per heavy atom. The van der Waals surface area contributed by atoms with E-state index >= 15 is 0 Å². The van der Waals surface area contributed by atoms with Crippen LogP contribution in [0.15, 0.2) is 0 Å². The first kappa shape index (κ1) is 9.01. The van der Waals surface area contributed by atoms with Crippen LogP contribution in [0.2, 0.25) is 0 Å². The molecule has 66 valence electrons. The van der Waals surface area contributed by atoms with Gasteiger partial charge in [-0.25, -0.2) is 0 Å². The molecule has 0 aromatic rings. The molecule has 0 spiro atoms. The van der Waals surface area contributed by atoms with E-state index in [0.29, 0.717) is 12.5 Å². The van der Waals surface area contributed by atoms with E-state index in [2.05, 4.69) is 0 Å². The molecule has 1 aliphatic rings. The van der Waals surface area contributed by atoms with Gasteiger partial charge in [-0.3, -0.25) is 0 Å². The zero-order chi connectivity index (χ0) is 8.32. The first-order valence-corrected chi connectivity index (χ1v) is 4.59. The third-order valence-corrected chi connectivity index (χ3v) is 2.89. The van der Waals surface area contributed by atoms with Gasteiger partial charge in [-0.2, -0.15) is 0 Å². The van der Waals surface area contributed by atoms with Crippen molar-refractivity contribution in [2.24, 2.45) is 11.7 Å². The molecule has 1 saturated carbocycles. The van der Waals surface area contributed by atoms with E-state index in [1.165, 1.54) is 25.7 Å². The molecule has 1 fully saturated rings. The molecule has 0 amide bonds. The average Bonchev–Trinajstić information content (AvgIpc) is 2.37. The van der Waals surface area contributed by atoms with Gasteiger partial charge in [0.1, 0.15) is 0 Å². The summed E-state index contributed by atoms with van der Waals surface area (Å²) in [6.07, 6.45) is 5.69. The second kappa shape index (κ2) is 3.55. The van der Waals surface area contributed by atoms with Crippen LogP contribution in [0.5, 0.6) is 0 Å². The van der Waals surface area contributed by atoms with E-state index in [4.69, 9.17) is 5.73 Å². The van der Waals surface area contributed by atoms with E-state index in [1.807, 2.05) is 6.92 Å². The van der Waals surface area contributed by atoms with Crippen LogP contribution < -0.4 is 5.73 Å². The average molecular weight is 157 g/mol. The van der Waals surface area contributed by atoms with Gasteiger partial charge in [0, 0.05) is 0 Å². The number of rotatable bonds is 3. The Kier molecular flexibility index (Phi) is 2.90. The number of hydrogen-bond donors (Lipinski definition) is 2. The van der Waals surface area contributed by atoms with Crippen molar-refractivity contribution in [3.63, 3.8) is 0 Å². The van der Waals surface area contributed by atoms with Crippen LogP contribution in [0.4, 0.5) is 0 Å². The molecule has 0 saturated heterocycles. The smallest absolute Gasteiger partial charge is 0.0659 e. The molecule has 1 aliphatic carbocycles. The Bertz CT molecular complexity index is 117. The van der Waals surface area contributed by atoms with Crippen molar-refractivity contribution in [3.05, 3.63) is 0 Å². The van der Waals surface area contributed by atoms with Gasteiger partial charge >= 0.3 is 0 Å². The highest BCUT2D eigenvalue weighted by atomic mass is 16.3. The van der Waals surface area contributed by atoms with E-state index in [9.17, 15) is 5.11 Å². The molecule has 1 atom stereocenters. The first-order chi connectivity index (χ1) is 5.17. The van der Waals surface area contributed by atoms with Gasteiger partial charge in [0.25, 0.3) is 0 Å². The summed E-state index contributed by atoms with van der Waals surface area (Å²) >= 11 is 0. The van der Waals surface area contributed by atoms with E-state index in [0.717, 1.165) is 6.42 Å². The summed E-state index contributed by atoms with van der Waals surface area (Å²) < 4.78 is 0. The predicted molar refractivity (Wildman–Crippen MR) is 46.3 cm³/mol. The molecule has 0 aromatic heterocycles. The molecule has 0 aromatic carbocycles. The summed E-state index contributed by atoms with van der Waals surface area (Å²) in [5.41, 5.74) is 4.93. The minimum atomic E-state index is -0.495. The highest BCUT2D eigenvalue weighted by molar-refractivity contribution is 4.85. The van der Waals surface area contributed by atoms with Gasteiger partial charge in [-0.15, -0.1) is 0 Å². The van der Waals surface area contributed by atoms with E-state index in [1.54, 1.807) is 0 Å². The highest BCUT2D eigenvalue weighted by Gasteiger charge is 2.32. The zero-order valence-electron chi connectivity index (χ0n) is 7.34. The Balaban J connectivity index is 2.41. The Labute approximate surface area is 68.8 Å². The number of nitrogens with two attached hydrogens (primary N) is 1. The van der Waals surface area contributed by atoms with Gasteiger partial charge in [0.2, 0.25) is 0 Å². The Hall–Kier alpha value is -0.0800. The molecular weight excluding hydrogens is 138 g/mol. The van der Waals surface area contributed by atoms with Crippen molar-refractivity contribution in [2.75, 3.05) is 6.54 Å². The lowest BCUT2D eigenvalue weighted by molar-refractivity contribution is -0.00399. The maximum absolute atomic E-state index is 9.93. The minimum absolute atomic E-state index is 0.495. The summed E-state index contributed by atoms with van der Waals surface area (Å²) in [4.78, 5) is 0. The van der Waals surface area contributed by atoms with Crippen LogP contribution in [0.1, 0.15) is 39.0 Å². The number of hydrogen-bond acceptors (Lipinski definition) is 2. The van der Waals surface area contributed by atoms with Crippen molar-refractivity contribution < 1.29 is 5.11 Å². The van der Waals surface area contributed by atoms with Crippen molar-refractivity contribution in [1.82, 2.24) is 0 Å². The van der Waals surface area contributed by atoms with E-state index < -0.39 is 5.60 Å². The monoisotopic (exact) mass is 157 g/mol. The van der Waals surface area contributed by atoms with E-state index in [-0.39, 0.29) is 0 Å². The fraction of sp³-hybridized carbons (Fsp3) is 1.00. The molecule has 11 heavy (non-hydrogen) atoms. The molecular formula is C9H19NO. The largest absolute Gasteiger partial charge is 0.390 e. The van der Waals surface area contributed by atoms with Crippen LogP contribution in [0.25, 0.3) is 0 Å². The Morgan fingerprint density at radius 3 is 2.45 bits per heavy atom. The lowest BCUT2D eigenvalue weighted by Gasteiger charge is -2.29. The molecule has 0 aliphatic heterocycles. The fourth-order valence-electron chi connectivity index (χ4n) is 2.04. The van der Waals surface area contributed by atoms with Crippen LogP contribution >= 0.6 is 0 Å². The molecule has 1 unspecified atom stereocenters. The molecule has 0 bridgehead atoms. The highest BCUT2D eigenvalue weighted by Crippen LogP contribution is 2.35. The SMILES string of the molecule is CC(O)(CCN)C1CCCC1. The molecule has 3 N–H and O–H groups in total. The summed E-state index contributed by atoms with van der Waals surface area (Å²) in [5, 5.41) is 9.93. The summed E-state index contributed by atoms with van der Waals surface area (Å²) in [5.74, 6) is 0.506. The standard InChI is InChI=1S/C9H19NO/c1-9(11,6-7-10)8-4-2-3-5-8/h8,11H,2-7,10H2,1H3. The van der Waals surface area contributed by atoms with Crippen molar-refractivity contribution in [1.29, 1.82) is 0 Å². The van der Waals surface area contributed by atoms with Crippen LogP contribution in [-0.4, -0.2) is 17.3 Å². The normalized spacial score (nSPS) is 25.4. The summed E-state index contributed by atoms with van der Waals surface area (Å²) in [7, 11) is 0. The van der Waals surface area contributed by atoms with Crippen LogP contribution in [-0.2, 0) is 0 Å². The maximum Gasteiger partial charge on any atom is 0.0659 e. The minimum Gasteiger partial charge on any atom is -0.390 e. The molecule has 0 heterocycles. The van der Waals surface area contributed by atoms with Gasteiger partial charge in [-0.05, 0) is 38.6 Å². The predicted octanol–water partition coefficient (Wildman–Crippen LogP) is 1.28. The van der Waals surface area contributed by atoms with Crippen LogP contribution in [0.3, 0.4) is 0 Å². The van der Waals surface area contributed by atoms with Crippen molar-refractivity contribution >= 4 is 0 Å². The van der Waals surface area contributed by atoms with Crippen molar-refractivity contribution in [2.45, 2.75) is 44.6 Å². The molecule has 2 nitrogen and oxygen atoms in total. The van der Waals surface area contributed by atoms with Gasteiger partial charge in [0.15, 0.2) is 0 Å². The Morgan fingerprint density at radius 2 is 2.00 bits per heavy atom. The second-order valence-electron chi connectivity index (χ2n) is 3.88. The lowest BCUT2D eigenvalue weighted by atomic mass is 9.85. The van der Waals surface area contributed by atoms with Gasteiger partial charge < -0.3 is 10.8 Å². The van der Waals surface area contributed by atoms with Gasteiger partial charge in [-0.1, -0.05) is 12.8 Å². The summed E-state index contributed by atoms with van der Waals surface area (Å²) in [6.45, 7) is 2.53. The second-order valence-corrected chi connectivity index (χ2v) is 3.88. The molecule has 1 rings (SSSR count). The number of aliphatic hydroxyl groups is 1. The fourth-order valence-corrected chi connectivity index (χ4v) is 2.04. The molecule has 0 radical (unpaired) electrons. The topological polar surface area (TPSA) is 46.2 Å².